The van der Waals surface area contributed by atoms with Gasteiger partial charge in [0.25, 0.3) is 0 Å². The van der Waals surface area contributed by atoms with Gasteiger partial charge in [0.2, 0.25) is 0 Å². The smallest absolute Gasteiger partial charge is 0.146 e. The van der Waals surface area contributed by atoms with Crippen molar-refractivity contribution in [1.82, 2.24) is 0 Å². The molecule has 88 valence electrons. The molecular weight excluding hydrogens is 203 g/mol. The van der Waals surface area contributed by atoms with Gasteiger partial charge in [0, 0.05) is 13.1 Å². The number of nitrogens with zero attached hydrogens (tertiary/aromatic N) is 1. The third-order valence-electron chi connectivity index (χ3n) is 3.14. The zero-order valence-corrected chi connectivity index (χ0v) is 9.58. The standard InChI is InChI=1S/C13H19FN2/c14-12-10-11(6-7-15)4-5-13(12)16-8-2-1-3-9-16/h4-5,10H,1-3,6-9,15H2. The summed E-state index contributed by atoms with van der Waals surface area (Å²) < 4.78 is 13.9. The molecule has 0 radical (unpaired) electrons. The largest absolute Gasteiger partial charge is 0.369 e. The van der Waals surface area contributed by atoms with Crippen molar-refractivity contribution in [3.63, 3.8) is 0 Å². The highest BCUT2D eigenvalue weighted by Gasteiger charge is 2.14. The molecule has 1 fully saturated rings. The quantitative estimate of drug-likeness (QED) is 0.850. The Bertz CT molecular complexity index is 346. The zero-order valence-electron chi connectivity index (χ0n) is 9.58. The molecule has 0 bridgehead atoms. The Balaban J connectivity index is 2.14. The molecule has 0 spiro atoms. The first-order valence-electron chi connectivity index (χ1n) is 6.04. The summed E-state index contributed by atoms with van der Waals surface area (Å²) >= 11 is 0. The Hall–Kier alpha value is -1.09. The maximum atomic E-state index is 13.9. The number of rotatable bonds is 3. The fraction of sp³-hybridized carbons (Fsp3) is 0.538. The summed E-state index contributed by atoms with van der Waals surface area (Å²) in [5, 5.41) is 0. The van der Waals surface area contributed by atoms with Crippen LogP contribution in [-0.4, -0.2) is 19.6 Å². The van der Waals surface area contributed by atoms with Crippen LogP contribution in [0.5, 0.6) is 0 Å². The highest BCUT2D eigenvalue weighted by Crippen LogP contribution is 2.24. The van der Waals surface area contributed by atoms with Crippen LogP contribution in [0.25, 0.3) is 0 Å². The van der Waals surface area contributed by atoms with Crippen molar-refractivity contribution in [2.45, 2.75) is 25.7 Å². The molecule has 0 saturated carbocycles. The van der Waals surface area contributed by atoms with E-state index in [9.17, 15) is 4.39 Å². The maximum absolute atomic E-state index is 13.9. The van der Waals surface area contributed by atoms with Crippen LogP contribution in [-0.2, 0) is 6.42 Å². The van der Waals surface area contributed by atoms with Crippen molar-refractivity contribution in [1.29, 1.82) is 0 Å². The van der Waals surface area contributed by atoms with E-state index in [1.807, 2.05) is 12.1 Å². The van der Waals surface area contributed by atoms with Crippen molar-refractivity contribution in [3.8, 4) is 0 Å². The van der Waals surface area contributed by atoms with Gasteiger partial charge in [-0.05, 0) is 49.9 Å². The minimum Gasteiger partial charge on any atom is -0.369 e. The molecule has 16 heavy (non-hydrogen) atoms. The molecule has 1 aromatic rings. The Morgan fingerprint density at radius 3 is 2.56 bits per heavy atom. The average Bonchev–Trinajstić information content (AvgIpc) is 2.31. The van der Waals surface area contributed by atoms with Gasteiger partial charge in [-0.3, -0.25) is 0 Å². The van der Waals surface area contributed by atoms with Gasteiger partial charge >= 0.3 is 0 Å². The van der Waals surface area contributed by atoms with Crippen LogP contribution in [0.2, 0.25) is 0 Å². The highest BCUT2D eigenvalue weighted by atomic mass is 19.1. The topological polar surface area (TPSA) is 29.3 Å². The van der Waals surface area contributed by atoms with Gasteiger partial charge in [-0.15, -0.1) is 0 Å². The van der Waals surface area contributed by atoms with Gasteiger partial charge in [-0.2, -0.15) is 0 Å². The van der Waals surface area contributed by atoms with Crippen LogP contribution in [0.3, 0.4) is 0 Å². The Kier molecular flexibility index (Phi) is 3.78. The third kappa shape index (κ3) is 2.53. The van der Waals surface area contributed by atoms with E-state index >= 15 is 0 Å². The SMILES string of the molecule is NCCc1ccc(N2CCCCC2)c(F)c1. The molecule has 0 aliphatic carbocycles. The number of piperidine rings is 1. The van der Waals surface area contributed by atoms with E-state index in [1.165, 1.54) is 19.3 Å². The molecule has 0 aromatic heterocycles. The minimum atomic E-state index is -0.104. The Morgan fingerprint density at radius 1 is 1.19 bits per heavy atom. The molecule has 1 saturated heterocycles. The van der Waals surface area contributed by atoms with Crippen molar-refractivity contribution in [3.05, 3.63) is 29.6 Å². The Morgan fingerprint density at radius 2 is 1.94 bits per heavy atom. The predicted octanol–water partition coefficient (Wildman–Crippen LogP) is 2.32. The third-order valence-corrected chi connectivity index (χ3v) is 3.14. The normalized spacial score (nSPS) is 16.5. The molecule has 2 nitrogen and oxygen atoms in total. The lowest BCUT2D eigenvalue weighted by Crippen LogP contribution is -2.30. The molecule has 2 N–H and O–H groups in total. The molecule has 1 heterocycles. The summed E-state index contributed by atoms with van der Waals surface area (Å²) in [6.45, 7) is 2.53. The average molecular weight is 222 g/mol. The molecule has 1 aliphatic rings. The number of nitrogens with two attached hydrogens (primary N) is 1. The predicted molar refractivity (Wildman–Crippen MR) is 65.2 cm³/mol. The second kappa shape index (κ2) is 5.30. The van der Waals surface area contributed by atoms with E-state index in [4.69, 9.17) is 5.73 Å². The van der Waals surface area contributed by atoms with E-state index in [1.54, 1.807) is 6.07 Å². The van der Waals surface area contributed by atoms with E-state index in [2.05, 4.69) is 4.90 Å². The second-order valence-corrected chi connectivity index (χ2v) is 4.37. The molecule has 1 aliphatic heterocycles. The molecule has 3 heteroatoms. The van der Waals surface area contributed by atoms with Gasteiger partial charge in [0.1, 0.15) is 5.82 Å². The number of hydrogen-bond acceptors (Lipinski definition) is 2. The van der Waals surface area contributed by atoms with Crippen LogP contribution in [0, 0.1) is 5.82 Å². The van der Waals surface area contributed by atoms with Gasteiger partial charge in [0.15, 0.2) is 0 Å². The van der Waals surface area contributed by atoms with E-state index < -0.39 is 0 Å². The summed E-state index contributed by atoms with van der Waals surface area (Å²) in [6.07, 6.45) is 4.36. The Labute approximate surface area is 96.2 Å². The van der Waals surface area contributed by atoms with E-state index in [-0.39, 0.29) is 5.82 Å². The summed E-state index contributed by atoms with van der Waals surface area (Å²) in [7, 11) is 0. The van der Waals surface area contributed by atoms with Crippen LogP contribution in [0.15, 0.2) is 18.2 Å². The first-order chi connectivity index (χ1) is 7.81. The molecule has 0 atom stereocenters. The van der Waals surface area contributed by atoms with Crippen molar-refractivity contribution in [2.75, 3.05) is 24.5 Å². The van der Waals surface area contributed by atoms with Gasteiger partial charge in [-0.1, -0.05) is 6.07 Å². The van der Waals surface area contributed by atoms with Crippen LogP contribution in [0.1, 0.15) is 24.8 Å². The van der Waals surface area contributed by atoms with Crippen LogP contribution < -0.4 is 10.6 Å². The summed E-state index contributed by atoms with van der Waals surface area (Å²) in [5.74, 6) is -0.104. The van der Waals surface area contributed by atoms with Gasteiger partial charge in [-0.25, -0.2) is 4.39 Å². The summed E-state index contributed by atoms with van der Waals surface area (Å²) in [5.41, 5.74) is 7.20. The van der Waals surface area contributed by atoms with Crippen molar-refractivity contribution in [2.24, 2.45) is 5.73 Å². The van der Waals surface area contributed by atoms with Crippen molar-refractivity contribution < 1.29 is 4.39 Å². The lowest BCUT2D eigenvalue weighted by Gasteiger charge is -2.29. The summed E-state index contributed by atoms with van der Waals surface area (Å²) in [6, 6.07) is 5.50. The van der Waals surface area contributed by atoms with Gasteiger partial charge in [0.05, 0.1) is 5.69 Å². The fourth-order valence-electron chi connectivity index (χ4n) is 2.26. The second-order valence-electron chi connectivity index (χ2n) is 4.37. The fourth-order valence-corrected chi connectivity index (χ4v) is 2.26. The highest BCUT2D eigenvalue weighted by molar-refractivity contribution is 5.49. The number of halogens is 1. The van der Waals surface area contributed by atoms with E-state index in [0.717, 1.165) is 30.8 Å². The van der Waals surface area contributed by atoms with Crippen LogP contribution >= 0.6 is 0 Å². The lowest BCUT2D eigenvalue weighted by atomic mass is 10.1. The number of anilines is 1. The number of benzene rings is 1. The molecular formula is C13H19FN2. The number of hydrogen-bond donors (Lipinski definition) is 1. The first kappa shape index (κ1) is 11.4. The molecule has 1 aromatic carbocycles. The zero-order chi connectivity index (χ0) is 11.4. The minimum absolute atomic E-state index is 0.104. The lowest BCUT2D eigenvalue weighted by molar-refractivity contribution is 0.556. The van der Waals surface area contributed by atoms with Crippen LogP contribution in [0.4, 0.5) is 10.1 Å². The molecule has 0 amide bonds. The molecule has 0 unspecified atom stereocenters. The van der Waals surface area contributed by atoms with Gasteiger partial charge < -0.3 is 10.6 Å². The molecule has 2 rings (SSSR count). The summed E-state index contributed by atoms with van der Waals surface area (Å²) in [4.78, 5) is 2.14. The maximum Gasteiger partial charge on any atom is 0.146 e. The first-order valence-corrected chi connectivity index (χ1v) is 6.04. The van der Waals surface area contributed by atoms with E-state index in [0.29, 0.717) is 6.54 Å². The van der Waals surface area contributed by atoms with Crippen molar-refractivity contribution >= 4 is 5.69 Å². The monoisotopic (exact) mass is 222 g/mol.